The molecule has 1 aliphatic carbocycles. The Bertz CT molecular complexity index is 1120. The second-order valence-electron chi connectivity index (χ2n) is 8.65. The lowest BCUT2D eigenvalue weighted by atomic mass is 9.99. The first-order chi connectivity index (χ1) is 15.6. The Morgan fingerprint density at radius 3 is 2.59 bits per heavy atom. The van der Waals surface area contributed by atoms with Crippen molar-refractivity contribution in [2.75, 3.05) is 20.3 Å². The van der Waals surface area contributed by atoms with E-state index in [-0.39, 0.29) is 11.9 Å². The number of hydrogen-bond donors (Lipinski definition) is 0. The summed E-state index contributed by atoms with van der Waals surface area (Å²) in [5, 5.41) is 0. The standard InChI is InChI=1S/C26H27N3O3/c1-17-11-12-22(18-7-4-3-5-8-18)25(27-17)26(30)29-15-20-13-19(20)14-21(29)16-32-24-10-6-9-23(28-24)31-2/h3-12,19-21H,13-16H2,1-2H3/t19-,20+,21?/m1/s1. The highest BCUT2D eigenvalue weighted by molar-refractivity contribution is 5.99. The highest BCUT2D eigenvalue weighted by Crippen LogP contribution is 2.47. The van der Waals surface area contributed by atoms with Crippen LogP contribution in [0.3, 0.4) is 0 Å². The minimum Gasteiger partial charge on any atom is -0.481 e. The van der Waals surface area contributed by atoms with Gasteiger partial charge in [0.2, 0.25) is 11.8 Å². The van der Waals surface area contributed by atoms with Crippen LogP contribution in [0.15, 0.2) is 60.7 Å². The van der Waals surface area contributed by atoms with Crippen molar-refractivity contribution >= 4 is 5.91 Å². The van der Waals surface area contributed by atoms with Crippen LogP contribution >= 0.6 is 0 Å². The third-order valence-corrected chi connectivity index (χ3v) is 6.43. The number of aromatic nitrogens is 2. The van der Waals surface area contributed by atoms with Gasteiger partial charge in [-0.15, -0.1) is 0 Å². The van der Waals surface area contributed by atoms with Gasteiger partial charge in [-0.25, -0.2) is 4.98 Å². The van der Waals surface area contributed by atoms with E-state index >= 15 is 0 Å². The molecule has 6 heteroatoms. The van der Waals surface area contributed by atoms with Crippen LogP contribution in [0.2, 0.25) is 0 Å². The second-order valence-corrected chi connectivity index (χ2v) is 8.65. The first-order valence-corrected chi connectivity index (χ1v) is 11.1. The minimum atomic E-state index is -0.0231. The summed E-state index contributed by atoms with van der Waals surface area (Å²) in [7, 11) is 1.58. The molecule has 0 spiro atoms. The summed E-state index contributed by atoms with van der Waals surface area (Å²) in [4.78, 5) is 24.8. The number of likely N-dealkylation sites (tertiary alicyclic amines) is 1. The summed E-state index contributed by atoms with van der Waals surface area (Å²) in [5.74, 6) is 2.27. The maximum Gasteiger partial charge on any atom is 0.273 e. The van der Waals surface area contributed by atoms with Crippen molar-refractivity contribution in [2.24, 2.45) is 11.8 Å². The first kappa shape index (κ1) is 20.5. The van der Waals surface area contributed by atoms with Gasteiger partial charge < -0.3 is 14.4 Å². The molecule has 1 amide bonds. The van der Waals surface area contributed by atoms with Gasteiger partial charge in [0.15, 0.2) is 0 Å². The second kappa shape index (κ2) is 8.61. The van der Waals surface area contributed by atoms with E-state index in [0.717, 1.165) is 29.8 Å². The predicted molar refractivity (Wildman–Crippen MR) is 122 cm³/mol. The highest BCUT2D eigenvalue weighted by Gasteiger charge is 2.47. The van der Waals surface area contributed by atoms with Crippen molar-refractivity contribution in [1.29, 1.82) is 0 Å². The van der Waals surface area contributed by atoms with Gasteiger partial charge in [0.1, 0.15) is 12.3 Å². The number of rotatable bonds is 6. The smallest absolute Gasteiger partial charge is 0.273 e. The maximum atomic E-state index is 13.8. The lowest BCUT2D eigenvalue weighted by molar-refractivity contribution is 0.0502. The van der Waals surface area contributed by atoms with Crippen LogP contribution in [0.25, 0.3) is 11.1 Å². The molecule has 6 nitrogen and oxygen atoms in total. The summed E-state index contributed by atoms with van der Waals surface area (Å²) < 4.78 is 11.2. The molecule has 164 valence electrons. The zero-order chi connectivity index (χ0) is 22.1. The Balaban J connectivity index is 1.41. The Morgan fingerprint density at radius 2 is 1.78 bits per heavy atom. The molecule has 2 fully saturated rings. The fourth-order valence-electron chi connectivity index (χ4n) is 4.59. The van der Waals surface area contributed by atoms with Crippen LogP contribution in [0.5, 0.6) is 11.8 Å². The summed E-state index contributed by atoms with van der Waals surface area (Å²) in [5.41, 5.74) is 3.22. The molecule has 1 aromatic carbocycles. The van der Waals surface area contributed by atoms with Gasteiger partial charge in [0.25, 0.3) is 5.91 Å². The zero-order valence-electron chi connectivity index (χ0n) is 18.4. The van der Waals surface area contributed by atoms with Crippen molar-refractivity contribution in [3.05, 3.63) is 72.1 Å². The third kappa shape index (κ3) is 4.17. The van der Waals surface area contributed by atoms with Crippen molar-refractivity contribution in [1.82, 2.24) is 14.9 Å². The average molecular weight is 430 g/mol. The topological polar surface area (TPSA) is 64.6 Å². The molecule has 2 aliphatic rings. The Hall–Kier alpha value is -3.41. The summed E-state index contributed by atoms with van der Waals surface area (Å²) in [6.07, 6.45) is 2.14. The number of piperidine rings is 1. The number of hydrogen-bond acceptors (Lipinski definition) is 5. The normalized spacial score (nSPS) is 21.6. The van der Waals surface area contributed by atoms with Crippen molar-refractivity contribution < 1.29 is 14.3 Å². The van der Waals surface area contributed by atoms with Crippen LogP contribution in [0.1, 0.15) is 29.0 Å². The number of carbonyl (C=O) groups is 1. The number of pyridine rings is 2. The average Bonchev–Trinajstić information content (AvgIpc) is 3.61. The number of nitrogens with zero attached hydrogens (tertiary/aromatic N) is 3. The van der Waals surface area contributed by atoms with Gasteiger partial charge in [-0.3, -0.25) is 4.79 Å². The summed E-state index contributed by atoms with van der Waals surface area (Å²) >= 11 is 0. The van der Waals surface area contributed by atoms with E-state index in [1.807, 2.05) is 66.4 Å². The summed E-state index contributed by atoms with van der Waals surface area (Å²) in [6, 6.07) is 19.4. The van der Waals surface area contributed by atoms with Crippen molar-refractivity contribution in [2.45, 2.75) is 25.8 Å². The van der Waals surface area contributed by atoms with Crippen LogP contribution in [-0.4, -0.2) is 47.1 Å². The highest BCUT2D eigenvalue weighted by atomic mass is 16.5. The minimum absolute atomic E-state index is 0.00909. The molecule has 5 rings (SSSR count). The number of aryl methyl sites for hydroxylation is 1. The van der Waals surface area contributed by atoms with Gasteiger partial charge in [-0.1, -0.05) is 42.5 Å². The molecule has 1 saturated carbocycles. The van der Waals surface area contributed by atoms with E-state index in [0.29, 0.717) is 35.9 Å². The van der Waals surface area contributed by atoms with Gasteiger partial charge in [-0.2, -0.15) is 4.98 Å². The number of amides is 1. The zero-order valence-corrected chi connectivity index (χ0v) is 18.4. The quantitative estimate of drug-likeness (QED) is 0.581. The molecule has 0 bridgehead atoms. The summed E-state index contributed by atoms with van der Waals surface area (Å²) in [6.45, 7) is 3.09. The lowest BCUT2D eigenvalue weighted by Gasteiger charge is -2.35. The van der Waals surface area contributed by atoms with E-state index in [9.17, 15) is 4.79 Å². The molecule has 2 aromatic heterocycles. The molecular weight excluding hydrogens is 402 g/mol. The molecule has 1 unspecified atom stereocenters. The van der Waals surface area contributed by atoms with E-state index in [4.69, 9.17) is 9.47 Å². The predicted octanol–water partition coefficient (Wildman–Crippen LogP) is 4.39. The van der Waals surface area contributed by atoms with Gasteiger partial charge >= 0.3 is 0 Å². The number of ether oxygens (including phenoxy) is 2. The molecule has 3 atom stereocenters. The van der Waals surface area contributed by atoms with Crippen LogP contribution < -0.4 is 9.47 Å². The molecule has 1 saturated heterocycles. The van der Waals surface area contributed by atoms with Gasteiger partial charge in [0.05, 0.1) is 13.2 Å². The van der Waals surface area contributed by atoms with Crippen molar-refractivity contribution in [3.63, 3.8) is 0 Å². The van der Waals surface area contributed by atoms with Crippen LogP contribution in [-0.2, 0) is 0 Å². The monoisotopic (exact) mass is 429 g/mol. The first-order valence-electron chi connectivity index (χ1n) is 11.1. The van der Waals surface area contributed by atoms with E-state index in [1.54, 1.807) is 13.2 Å². The fourth-order valence-corrected chi connectivity index (χ4v) is 4.59. The number of methoxy groups -OCH3 is 1. The van der Waals surface area contributed by atoms with Crippen LogP contribution in [0.4, 0.5) is 0 Å². The lowest BCUT2D eigenvalue weighted by Crippen LogP contribution is -2.48. The molecule has 0 radical (unpaired) electrons. The molecule has 0 N–H and O–H groups in total. The fraction of sp³-hybridized carbons (Fsp3) is 0.346. The third-order valence-electron chi connectivity index (χ3n) is 6.43. The van der Waals surface area contributed by atoms with E-state index in [2.05, 4.69) is 9.97 Å². The maximum absolute atomic E-state index is 13.8. The SMILES string of the molecule is COc1cccc(OCC2C[C@H]3C[C@H]3CN2C(=O)c2nc(C)ccc2-c2ccccc2)n1. The Morgan fingerprint density at radius 1 is 0.969 bits per heavy atom. The van der Waals surface area contributed by atoms with Gasteiger partial charge in [0, 0.05) is 29.9 Å². The molecule has 1 aliphatic heterocycles. The molecule has 3 aromatic rings. The molecule has 32 heavy (non-hydrogen) atoms. The number of fused-ring (bicyclic) bond motifs is 1. The Kier molecular flexibility index (Phi) is 5.52. The van der Waals surface area contributed by atoms with Crippen LogP contribution in [0, 0.1) is 18.8 Å². The van der Waals surface area contributed by atoms with E-state index < -0.39 is 0 Å². The number of benzene rings is 1. The molecular formula is C26H27N3O3. The van der Waals surface area contributed by atoms with E-state index in [1.165, 1.54) is 6.42 Å². The van der Waals surface area contributed by atoms with Gasteiger partial charge in [-0.05, 0) is 43.2 Å². The largest absolute Gasteiger partial charge is 0.481 e. The Labute approximate surface area is 188 Å². The van der Waals surface area contributed by atoms with Crippen molar-refractivity contribution in [3.8, 4) is 22.9 Å². The number of carbonyl (C=O) groups excluding carboxylic acids is 1. The molecule has 3 heterocycles.